The Morgan fingerprint density at radius 2 is 0.584 bits per heavy atom. The molecule has 0 bridgehead atoms. The SMILES string of the molecule is C1=CCCC2OC2CC1.C1CCC2OC2C1.O=C1CC/C=C\CC[C@H]1Oc1ccccc1.O=C1CCCCCC[C@H]1Oc1ccccc1.O=C1CCCC[C@H]1Oc1ccccc1.O=S(=O)(Cl)c1ccc2c3c(oc2c1)CCCC3.O[C@@H]1CC/C=C\CC[C@H]1Oc1ccccc1.O[C@@H]1CCCC[C@H]1Oc1ccccc1.c1ccc2c3c(oc2c1)CCCC3.c1ccc2c3c(oc2c1)CCCCCC3. The van der Waals surface area contributed by atoms with Crippen molar-refractivity contribution in [1.82, 2.24) is 0 Å². The molecule has 5 heterocycles. The quantitative estimate of drug-likeness (QED) is 0.0695. The van der Waals surface area contributed by atoms with E-state index in [2.05, 4.69) is 78.9 Å². The lowest BCUT2D eigenvalue weighted by Gasteiger charge is -2.28. The van der Waals surface area contributed by atoms with Crippen molar-refractivity contribution in [3.8, 4) is 28.7 Å². The number of allylic oxidation sites excluding steroid dienone is 6. The molecule has 4 saturated carbocycles. The van der Waals surface area contributed by atoms with Crippen LogP contribution < -0.4 is 23.7 Å². The number of benzene rings is 8. The number of para-hydroxylation sites is 7. The second kappa shape index (κ2) is 55.5. The van der Waals surface area contributed by atoms with Crippen molar-refractivity contribution in [2.45, 2.75) is 355 Å². The van der Waals surface area contributed by atoms with E-state index in [1.54, 1.807) is 6.07 Å². The Hall–Kier alpha value is -10.3. The van der Waals surface area contributed by atoms with Gasteiger partial charge >= 0.3 is 0 Å². The minimum atomic E-state index is -3.68. The topological polar surface area (TPSA) is 236 Å². The van der Waals surface area contributed by atoms with Gasteiger partial charge in [0.15, 0.2) is 35.7 Å². The van der Waals surface area contributed by atoms with Crippen molar-refractivity contribution in [3.63, 3.8) is 0 Å². The van der Waals surface area contributed by atoms with Gasteiger partial charge in [0.05, 0.1) is 41.5 Å². The molecule has 0 amide bonds. The zero-order chi connectivity index (χ0) is 94.9. The molecule has 8 aromatic carbocycles. The fourth-order valence-corrected chi connectivity index (χ4v) is 20.3. The van der Waals surface area contributed by atoms with Gasteiger partial charge in [-0.3, -0.25) is 14.4 Å². The normalized spacial score (nSPS) is 24.1. The number of aliphatic hydroxyl groups excluding tert-OH is 2. The number of ketones is 3. The third-order valence-corrected chi connectivity index (χ3v) is 28.6. The summed E-state index contributed by atoms with van der Waals surface area (Å²) in [6, 6.07) is 69.8. The highest BCUT2D eigenvalue weighted by Gasteiger charge is 2.40. The number of hydrogen-bond acceptors (Lipinski definition) is 17. The lowest BCUT2D eigenvalue weighted by molar-refractivity contribution is -0.128. The van der Waals surface area contributed by atoms with Crippen LogP contribution in [0.4, 0.5) is 0 Å². The fraction of sp³-hybridized carbons (Fsp3) is 0.466. The van der Waals surface area contributed by atoms with E-state index in [-0.39, 0.29) is 65.0 Å². The molecular formula is C118H143ClO17S. The molecule has 2 aliphatic heterocycles. The number of fused-ring (bicyclic) bond motifs is 11. The summed E-state index contributed by atoms with van der Waals surface area (Å²) in [5.41, 5.74) is 6.93. The van der Waals surface area contributed by atoms with Gasteiger partial charge in [-0.1, -0.05) is 209 Å². The summed E-state index contributed by atoms with van der Waals surface area (Å²) in [7, 11) is 1.63. The van der Waals surface area contributed by atoms with Crippen molar-refractivity contribution >= 4 is 70.0 Å². The highest BCUT2D eigenvalue weighted by Crippen LogP contribution is 2.39. The maximum atomic E-state index is 11.8. The largest absolute Gasteiger partial charge is 0.488 e. The van der Waals surface area contributed by atoms with E-state index < -0.39 is 9.05 Å². The van der Waals surface area contributed by atoms with Crippen molar-refractivity contribution < 1.29 is 79.4 Å². The average Bonchev–Trinajstić information content (AvgIpc) is 1.63. The van der Waals surface area contributed by atoms with Crippen LogP contribution in [-0.2, 0) is 71.4 Å². The summed E-state index contributed by atoms with van der Waals surface area (Å²) in [6.07, 6.45) is 62.2. The third kappa shape index (κ3) is 33.8. The zero-order valence-electron chi connectivity index (χ0n) is 80.0. The number of carbonyl (C=O) groups is 3. The van der Waals surface area contributed by atoms with E-state index in [0.29, 0.717) is 49.3 Å². The van der Waals surface area contributed by atoms with Gasteiger partial charge in [-0.2, -0.15) is 0 Å². The van der Waals surface area contributed by atoms with Gasteiger partial charge < -0.3 is 56.6 Å². The Balaban J connectivity index is 0.000000122. The molecule has 0 spiro atoms. The molecule has 0 radical (unpaired) electrons. The first-order valence-electron chi connectivity index (χ1n) is 51.5. The molecule has 11 atom stereocenters. The number of aryl methyl sites for hydroxylation is 6. The predicted molar refractivity (Wildman–Crippen MR) is 545 cm³/mol. The van der Waals surface area contributed by atoms with Crippen LogP contribution in [0.5, 0.6) is 28.7 Å². The predicted octanol–water partition coefficient (Wildman–Crippen LogP) is 28.2. The Morgan fingerprint density at radius 1 is 0.270 bits per heavy atom. The van der Waals surface area contributed by atoms with Gasteiger partial charge in [0.2, 0.25) is 0 Å². The van der Waals surface area contributed by atoms with Gasteiger partial charge in [0, 0.05) is 88.1 Å². The molecule has 19 heteroatoms. The molecule has 12 aliphatic rings. The van der Waals surface area contributed by atoms with Gasteiger partial charge in [-0.15, -0.1) is 0 Å². The first kappa shape index (κ1) is 103. The first-order valence-corrected chi connectivity index (χ1v) is 53.8. The van der Waals surface area contributed by atoms with Crippen LogP contribution >= 0.6 is 10.7 Å². The van der Waals surface area contributed by atoms with Crippen LogP contribution in [0.2, 0.25) is 0 Å². The Morgan fingerprint density at radius 3 is 1.05 bits per heavy atom. The van der Waals surface area contributed by atoms with Gasteiger partial charge in [0.25, 0.3) is 9.05 Å². The van der Waals surface area contributed by atoms with Crippen molar-refractivity contribution in [2.75, 3.05) is 0 Å². The second-order valence-electron chi connectivity index (χ2n) is 37.7. The number of Topliss-reactive ketones (excluding diaryl/α,β-unsaturated/α-hetero) is 3. The van der Waals surface area contributed by atoms with Crippen molar-refractivity contribution in [3.05, 3.63) is 289 Å². The number of epoxide rings is 2. The summed E-state index contributed by atoms with van der Waals surface area (Å²) in [5.74, 6) is 8.30. The van der Waals surface area contributed by atoms with E-state index in [0.717, 1.165) is 199 Å². The van der Waals surface area contributed by atoms with Crippen LogP contribution in [0.25, 0.3) is 32.9 Å². The summed E-state index contributed by atoms with van der Waals surface area (Å²) in [6.45, 7) is 0. The van der Waals surface area contributed by atoms with Crippen LogP contribution in [0.15, 0.2) is 273 Å². The Labute approximate surface area is 816 Å². The summed E-state index contributed by atoms with van der Waals surface area (Å²) in [4.78, 5) is 35.2. The number of hydrogen-bond donors (Lipinski definition) is 2. The monoisotopic (exact) mass is 1900 g/mol. The number of halogens is 1. The smallest absolute Gasteiger partial charge is 0.261 e. The van der Waals surface area contributed by atoms with E-state index in [9.17, 15) is 33.0 Å². The van der Waals surface area contributed by atoms with Crippen LogP contribution in [0.1, 0.15) is 278 Å². The zero-order valence-corrected chi connectivity index (χ0v) is 81.6. The van der Waals surface area contributed by atoms with Crippen molar-refractivity contribution in [1.29, 1.82) is 0 Å². The molecule has 17 nitrogen and oxygen atoms in total. The molecular weight excluding hydrogens is 1760 g/mol. The van der Waals surface area contributed by atoms with Crippen LogP contribution in [0, 0.1) is 0 Å². The van der Waals surface area contributed by atoms with E-state index in [4.69, 9.17) is 57.1 Å². The van der Waals surface area contributed by atoms with Gasteiger partial charge in [-0.05, 0) is 284 Å². The van der Waals surface area contributed by atoms with Crippen LogP contribution in [0.3, 0.4) is 0 Å². The van der Waals surface area contributed by atoms with E-state index >= 15 is 0 Å². The van der Waals surface area contributed by atoms with Crippen LogP contribution in [-0.4, -0.2) is 103 Å². The molecule has 10 aliphatic carbocycles. The highest BCUT2D eigenvalue weighted by atomic mass is 35.7. The van der Waals surface area contributed by atoms with Gasteiger partial charge in [-0.25, -0.2) is 8.42 Å². The maximum Gasteiger partial charge on any atom is 0.261 e. The fourth-order valence-electron chi connectivity index (χ4n) is 19.5. The highest BCUT2D eigenvalue weighted by molar-refractivity contribution is 8.13. The van der Waals surface area contributed by atoms with Crippen molar-refractivity contribution in [2.24, 2.45) is 0 Å². The maximum absolute atomic E-state index is 11.8. The van der Waals surface area contributed by atoms with E-state index in [1.807, 2.05) is 158 Å². The minimum Gasteiger partial charge on any atom is -0.488 e. The molecule has 2 N–H and O–H groups in total. The number of ether oxygens (including phenoxy) is 7. The summed E-state index contributed by atoms with van der Waals surface area (Å²) < 4.78 is 79.2. The Kier molecular flexibility index (Phi) is 41.5. The summed E-state index contributed by atoms with van der Waals surface area (Å²) >= 11 is 0. The lowest BCUT2D eigenvalue weighted by atomic mass is 9.95. The lowest BCUT2D eigenvalue weighted by Crippen LogP contribution is -2.34. The molecule has 4 unspecified atom stereocenters. The van der Waals surface area contributed by atoms with Gasteiger partial charge in [0.1, 0.15) is 75.0 Å². The number of aliphatic hydroxyl groups is 2. The molecule has 2 saturated heterocycles. The average molecular weight is 1900 g/mol. The molecule has 23 rings (SSSR count). The molecule has 11 aromatic rings. The van der Waals surface area contributed by atoms with E-state index in [1.165, 1.54) is 167 Å². The second-order valence-corrected chi connectivity index (χ2v) is 40.3. The number of furan rings is 3. The standard InChI is InChI=1S/2C14H18O2.C14H16O2.C14H16O.C12H11ClO3S.C12H16O2.C12H14O2.C12H12O.C8H12O.C6H10O/c3*15-13-10-6-1-2-7-11-14(13)16-12-8-4-3-5-9-12;1-2-4-9-13-11(7-3-1)12-8-5-6-10-14(12)15-13;13-17(14,15)8-5-6-10-9-3-1-2-4-11(9)16-12(10)7-8;2*13-11-8-4-5-9-12(11)14-10-6-2-1-3-7-10;1-3-7-11-9(5-1)10-6-2-4-8-12(10)13-11;1-2-4-6-8-7(9-8)5-3-1;1-2-4-6-5(3-1)7-6/h3-5,8-9,14H,1-2,6-7,10-11H2;1-5,8-9,13-15H,6-7,10-11H2;1-5,8-9,14H,6-7,10-11H2;5-6,8,10H,1-4,7,9H2;5-7H,1-4H2;1-3,6-7,11-13H,4-5,8-9H2;1-3,6-7,12H,4-5,8-9H2;1,3,5,7H,2,4,6,8H2;1-2,7-8H,3-6H2;5-6H,1-4H2/b;2*2-1-;;;;;;;/t14-;13-,14-;14-;;;11-,12-;12-;;;/m111..11.../s1. The molecule has 730 valence electrons. The molecule has 3 aromatic heterocycles. The number of rotatable bonds is 11. The molecule has 6 fully saturated rings. The third-order valence-electron chi connectivity index (χ3n) is 27.3. The summed E-state index contributed by atoms with van der Waals surface area (Å²) in [5, 5.41) is 23.4. The molecule has 137 heavy (non-hydrogen) atoms. The first-order chi connectivity index (χ1) is 67.2. The Bertz CT molecular complexity index is 5610. The number of carbonyl (C=O) groups excluding carboxylic acids is 3. The minimum absolute atomic E-state index is 0.00819.